The zero-order valence-electron chi connectivity index (χ0n) is 6.97. The molecule has 1 aromatic carbocycles. The molecule has 0 spiro atoms. The van der Waals surface area contributed by atoms with Gasteiger partial charge in [0.1, 0.15) is 0 Å². The molecule has 0 heterocycles. The zero-order valence-corrected chi connectivity index (χ0v) is 8.55. The van der Waals surface area contributed by atoms with Crippen LogP contribution < -0.4 is 5.32 Å². The summed E-state index contributed by atoms with van der Waals surface area (Å²) >= 11 is 3.26. The fourth-order valence-corrected chi connectivity index (χ4v) is 1.23. The maximum atomic E-state index is 10.8. The smallest absolute Gasteiger partial charge is 0.221 e. The van der Waals surface area contributed by atoms with Gasteiger partial charge in [-0.2, -0.15) is 5.26 Å². The lowest BCUT2D eigenvalue weighted by molar-refractivity contribution is -0.114. The summed E-state index contributed by atoms with van der Waals surface area (Å²) in [7, 11) is 0. The van der Waals surface area contributed by atoms with E-state index in [4.69, 9.17) is 5.26 Å². The predicted octanol–water partition coefficient (Wildman–Crippen LogP) is 2.28. The lowest BCUT2D eigenvalue weighted by Crippen LogP contribution is -2.06. The van der Waals surface area contributed by atoms with Crippen LogP contribution in [-0.4, -0.2) is 5.91 Å². The third-order valence-electron chi connectivity index (χ3n) is 1.41. The molecule has 0 bridgehead atoms. The van der Waals surface area contributed by atoms with Crippen LogP contribution in [0, 0.1) is 11.3 Å². The number of carbonyl (C=O) groups excluding carboxylic acids is 1. The average Bonchev–Trinajstić information content (AvgIpc) is 2.08. The molecule has 0 unspecified atom stereocenters. The summed E-state index contributed by atoms with van der Waals surface area (Å²) in [4.78, 5) is 10.8. The van der Waals surface area contributed by atoms with Crippen LogP contribution in [0.2, 0.25) is 0 Å². The molecule has 0 radical (unpaired) electrons. The molecule has 0 aliphatic rings. The van der Waals surface area contributed by atoms with Crippen molar-refractivity contribution in [3.63, 3.8) is 0 Å². The van der Waals surface area contributed by atoms with Crippen LogP contribution in [0.15, 0.2) is 22.7 Å². The van der Waals surface area contributed by atoms with Crippen LogP contribution in [0.5, 0.6) is 0 Å². The van der Waals surface area contributed by atoms with Crippen molar-refractivity contribution in [3.05, 3.63) is 28.2 Å². The van der Waals surface area contributed by atoms with Crippen LogP contribution in [0.4, 0.5) is 5.69 Å². The lowest BCUT2D eigenvalue weighted by Gasteiger charge is -2.04. The molecule has 0 aliphatic carbocycles. The second kappa shape index (κ2) is 4.06. The van der Waals surface area contributed by atoms with Gasteiger partial charge < -0.3 is 5.32 Å². The molecule has 1 rings (SSSR count). The van der Waals surface area contributed by atoms with Gasteiger partial charge in [-0.05, 0) is 34.1 Å². The van der Waals surface area contributed by atoms with Crippen LogP contribution in [0.1, 0.15) is 12.5 Å². The summed E-state index contributed by atoms with van der Waals surface area (Å²) in [6.07, 6.45) is 0. The van der Waals surface area contributed by atoms with E-state index >= 15 is 0 Å². The molecule has 0 saturated carbocycles. The van der Waals surface area contributed by atoms with E-state index in [-0.39, 0.29) is 5.91 Å². The minimum atomic E-state index is -0.157. The normalized spacial score (nSPS) is 9.00. The largest absolute Gasteiger partial charge is 0.325 e. The van der Waals surface area contributed by atoms with Gasteiger partial charge in [0.2, 0.25) is 5.91 Å². The molecule has 1 N–H and O–H groups in total. The Balaban J connectivity index is 3.05. The van der Waals surface area contributed by atoms with Crippen LogP contribution in [0.3, 0.4) is 0 Å². The molecule has 0 saturated heterocycles. The van der Waals surface area contributed by atoms with E-state index in [0.29, 0.717) is 11.3 Å². The molecule has 0 fully saturated rings. The molecule has 1 aromatic rings. The van der Waals surface area contributed by atoms with Crippen molar-refractivity contribution in [2.45, 2.75) is 6.92 Å². The molecule has 13 heavy (non-hydrogen) atoms. The van der Waals surface area contributed by atoms with Crippen LogP contribution in [-0.2, 0) is 4.79 Å². The highest BCUT2D eigenvalue weighted by Crippen LogP contribution is 2.23. The zero-order chi connectivity index (χ0) is 9.84. The Morgan fingerprint density at radius 1 is 1.62 bits per heavy atom. The van der Waals surface area contributed by atoms with Gasteiger partial charge in [-0.25, -0.2) is 0 Å². The number of amides is 1. The van der Waals surface area contributed by atoms with Gasteiger partial charge in [-0.1, -0.05) is 0 Å². The first kappa shape index (κ1) is 9.75. The van der Waals surface area contributed by atoms with Crippen LogP contribution in [0.25, 0.3) is 0 Å². The molecule has 3 nitrogen and oxygen atoms in total. The summed E-state index contributed by atoms with van der Waals surface area (Å²) < 4.78 is 0.765. The van der Waals surface area contributed by atoms with Gasteiger partial charge in [0.05, 0.1) is 17.3 Å². The molecular formula is C9H7BrN2O. The predicted molar refractivity (Wildman–Crippen MR) is 53.2 cm³/mol. The molecular weight excluding hydrogens is 232 g/mol. The van der Waals surface area contributed by atoms with Gasteiger partial charge >= 0.3 is 0 Å². The van der Waals surface area contributed by atoms with Gasteiger partial charge in [-0.3, -0.25) is 4.79 Å². The number of rotatable bonds is 1. The molecule has 0 aliphatic heterocycles. The first-order valence-electron chi connectivity index (χ1n) is 3.60. The van der Waals surface area contributed by atoms with Crippen molar-refractivity contribution in [3.8, 4) is 6.07 Å². The summed E-state index contributed by atoms with van der Waals surface area (Å²) in [6.45, 7) is 1.42. The Morgan fingerprint density at radius 2 is 2.31 bits per heavy atom. The van der Waals surface area contributed by atoms with E-state index in [2.05, 4.69) is 21.2 Å². The quantitative estimate of drug-likeness (QED) is 0.817. The van der Waals surface area contributed by atoms with E-state index in [1.807, 2.05) is 6.07 Å². The van der Waals surface area contributed by atoms with E-state index in [1.54, 1.807) is 18.2 Å². The number of carbonyl (C=O) groups is 1. The number of nitriles is 1. The highest BCUT2D eigenvalue weighted by Gasteiger charge is 2.02. The minimum Gasteiger partial charge on any atom is -0.325 e. The molecule has 1 amide bonds. The average molecular weight is 239 g/mol. The van der Waals surface area contributed by atoms with Crippen molar-refractivity contribution in [2.75, 3.05) is 5.32 Å². The standard InChI is InChI=1S/C9H7BrN2O/c1-6(13)12-9-4-7(5-11)2-3-8(9)10/h2-4H,1H3,(H,12,13). The maximum Gasteiger partial charge on any atom is 0.221 e. The topological polar surface area (TPSA) is 52.9 Å². The van der Waals surface area contributed by atoms with Gasteiger partial charge in [0.15, 0.2) is 0 Å². The SMILES string of the molecule is CC(=O)Nc1cc(C#N)ccc1Br. The fraction of sp³-hybridized carbons (Fsp3) is 0.111. The van der Waals surface area contributed by atoms with Crippen molar-refractivity contribution >= 4 is 27.5 Å². The highest BCUT2D eigenvalue weighted by molar-refractivity contribution is 9.10. The van der Waals surface area contributed by atoms with Crippen molar-refractivity contribution < 1.29 is 4.79 Å². The van der Waals surface area contributed by atoms with Crippen molar-refractivity contribution in [2.24, 2.45) is 0 Å². The highest BCUT2D eigenvalue weighted by atomic mass is 79.9. The van der Waals surface area contributed by atoms with E-state index in [1.165, 1.54) is 6.92 Å². The van der Waals surface area contributed by atoms with E-state index in [0.717, 1.165) is 4.47 Å². The maximum absolute atomic E-state index is 10.8. The number of hydrogen-bond acceptors (Lipinski definition) is 2. The number of hydrogen-bond donors (Lipinski definition) is 1. The minimum absolute atomic E-state index is 0.157. The summed E-state index contributed by atoms with van der Waals surface area (Å²) in [5, 5.41) is 11.2. The summed E-state index contributed by atoms with van der Waals surface area (Å²) in [5.74, 6) is -0.157. The number of halogens is 1. The monoisotopic (exact) mass is 238 g/mol. The van der Waals surface area contributed by atoms with Gasteiger partial charge in [0.25, 0.3) is 0 Å². The number of anilines is 1. The van der Waals surface area contributed by atoms with Gasteiger partial charge in [0, 0.05) is 11.4 Å². The lowest BCUT2D eigenvalue weighted by atomic mass is 10.2. The molecule has 66 valence electrons. The Labute approximate surface area is 84.5 Å². The number of benzene rings is 1. The Morgan fingerprint density at radius 3 is 2.85 bits per heavy atom. The van der Waals surface area contributed by atoms with Gasteiger partial charge in [-0.15, -0.1) is 0 Å². The first-order valence-corrected chi connectivity index (χ1v) is 4.40. The summed E-state index contributed by atoms with van der Waals surface area (Å²) in [5.41, 5.74) is 1.14. The Hall–Kier alpha value is -1.34. The second-order valence-electron chi connectivity index (χ2n) is 2.49. The third-order valence-corrected chi connectivity index (χ3v) is 2.10. The Kier molecular flexibility index (Phi) is 3.04. The van der Waals surface area contributed by atoms with Crippen LogP contribution >= 0.6 is 15.9 Å². The third kappa shape index (κ3) is 2.56. The molecule has 4 heteroatoms. The molecule has 0 atom stereocenters. The summed E-state index contributed by atoms with van der Waals surface area (Å²) in [6, 6.07) is 7.01. The van der Waals surface area contributed by atoms with E-state index < -0.39 is 0 Å². The first-order chi connectivity index (χ1) is 6.13. The molecule has 0 aromatic heterocycles. The van der Waals surface area contributed by atoms with E-state index in [9.17, 15) is 4.79 Å². The fourth-order valence-electron chi connectivity index (χ4n) is 0.880. The second-order valence-corrected chi connectivity index (χ2v) is 3.34. The van der Waals surface area contributed by atoms with Crippen molar-refractivity contribution in [1.29, 1.82) is 5.26 Å². The Bertz CT molecular complexity index is 382. The van der Waals surface area contributed by atoms with Crippen molar-refractivity contribution in [1.82, 2.24) is 0 Å². The number of nitrogens with one attached hydrogen (secondary N) is 1. The number of nitrogens with zero attached hydrogens (tertiary/aromatic N) is 1.